The molecule has 4 heteroatoms. The first kappa shape index (κ1) is 22.9. The second-order valence-corrected chi connectivity index (χ2v) is 11.6. The molecule has 31 heavy (non-hydrogen) atoms. The summed E-state index contributed by atoms with van der Waals surface area (Å²) in [5.74, 6) is 3.85. The first-order valence-electron chi connectivity index (χ1n) is 12.6. The summed E-state index contributed by atoms with van der Waals surface area (Å²) in [6, 6.07) is 0. The summed E-state index contributed by atoms with van der Waals surface area (Å²) in [4.78, 5) is 23.1. The Balaban J connectivity index is 1.50. The van der Waals surface area contributed by atoms with Crippen molar-refractivity contribution in [3.05, 3.63) is 12.2 Å². The molecule has 174 valence electrons. The molecule has 0 amide bonds. The van der Waals surface area contributed by atoms with E-state index in [0.717, 1.165) is 31.1 Å². The van der Waals surface area contributed by atoms with Crippen LogP contribution in [0, 0.1) is 46.3 Å². The van der Waals surface area contributed by atoms with Gasteiger partial charge in [-0.05, 0) is 97.7 Å². The van der Waals surface area contributed by atoms with Crippen molar-refractivity contribution < 1.29 is 19.1 Å². The Morgan fingerprint density at radius 3 is 2.61 bits per heavy atom. The summed E-state index contributed by atoms with van der Waals surface area (Å²) in [6.45, 7) is 8.91. The van der Waals surface area contributed by atoms with Gasteiger partial charge in [0.05, 0.1) is 7.11 Å². The van der Waals surface area contributed by atoms with Crippen LogP contribution in [-0.4, -0.2) is 25.2 Å². The van der Waals surface area contributed by atoms with E-state index in [2.05, 4.69) is 32.9 Å². The van der Waals surface area contributed by atoms with Gasteiger partial charge in [0, 0.05) is 13.3 Å². The van der Waals surface area contributed by atoms with Crippen molar-refractivity contribution in [1.29, 1.82) is 0 Å². The highest BCUT2D eigenvalue weighted by molar-refractivity contribution is 5.69. The molecule has 0 aliphatic heterocycles. The van der Waals surface area contributed by atoms with Gasteiger partial charge in [-0.2, -0.15) is 0 Å². The second kappa shape index (κ2) is 8.56. The van der Waals surface area contributed by atoms with Crippen LogP contribution >= 0.6 is 0 Å². The molecule has 0 saturated heterocycles. The van der Waals surface area contributed by atoms with Gasteiger partial charge in [0.2, 0.25) is 0 Å². The first-order chi connectivity index (χ1) is 14.7. The zero-order chi connectivity index (χ0) is 22.4. The fourth-order valence-electron chi connectivity index (χ4n) is 8.52. The molecule has 0 spiro atoms. The lowest BCUT2D eigenvalue weighted by molar-refractivity contribution is -0.154. The Labute approximate surface area is 188 Å². The molecule has 4 aliphatic carbocycles. The summed E-state index contributed by atoms with van der Waals surface area (Å²) < 4.78 is 10.5. The number of carbonyl (C=O) groups excluding carboxylic acids is 2. The van der Waals surface area contributed by atoms with Gasteiger partial charge in [-0.3, -0.25) is 9.59 Å². The monoisotopic (exact) mass is 430 g/mol. The fraction of sp³-hybridized carbons (Fsp3) is 0.852. The van der Waals surface area contributed by atoms with Crippen molar-refractivity contribution in [2.45, 2.75) is 91.6 Å². The van der Waals surface area contributed by atoms with E-state index in [1.807, 2.05) is 0 Å². The molecule has 0 heterocycles. The molecule has 4 aliphatic rings. The maximum absolute atomic E-state index is 11.7. The summed E-state index contributed by atoms with van der Waals surface area (Å²) >= 11 is 0. The van der Waals surface area contributed by atoms with Gasteiger partial charge >= 0.3 is 11.9 Å². The van der Waals surface area contributed by atoms with Crippen molar-refractivity contribution in [1.82, 2.24) is 0 Å². The number of ether oxygens (including phenoxy) is 2. The van der Waals surface area contributed by atoms with Gasteiger partial charge < -0.3 is 9.47 Å². The number of rotatable bonds is 5. The lowest BCUT2D eigenvalue weighted by Crippen LogP contribution is -2.52. The maximum Gasteiger partial charge on any atom is 0.305 e. The van der Waals surface area contributed by atoms with E-state index in [0.29, 0.717) is 35.5 Å². The van der Waals surface area contributed by atoms with E-state index in [1.54, 1.807) is 0 Å². The van der Waals surface area contributed by atoms with Crippen LogP contribution in [0.5, 0.6) is 0 Å². The van der Waals surface area contributed by atoms with Crippen molar-refractivity contribution in [3.63, 3.8) is 0 Å². The summed E-state index contributed by atoms with van der Waals surface area (Å²) in [5, 5.41) is 0. The summed E-state index contributed by atoms with van der Waals surface area (Å²) in [7, 11) is 1.49. The predicted octanol–water partition coefficient (Wildman–Crippen LogP) is 5.94. The minimum atomic E-state index is -0.131. The third-order valence-corrected chi connectivity index (χ3v) is 10.2. The van der Waals surface area contributed by atoms with Crippen LogP contribution in [0.4, 0.5) is 0 Å². The summed E-state index contributed by atoms with van der Waals surface area (Å²) in [6.07, 6.45) is 15.2. The predicted molar refractivity (Wildman–Crippen MR) is 121 cm³/mol. The van der Waals surface area contributed by atoms with E-state index in [1.165, 1.54) is 46.1 Å². The van der Waals surface area contributed by atoms with Gasteiger partial charge in [0.15, 0.2) is 0 Å². The Morgan fingerprint density at radius 1 is 1.13 bits per heavy atom. The second-order valence-electron chi connectivity index (χ2n) is 11.6. The molecule has 0 aromatic heterocycles. The third kappa shape index (κ3) is 3.97. The molecule has 0 aromatic carbocycles. The molecular formula is C27H42O4. The molecule has 3 fully saturated rings. The van der Waals surface area contributed by atoms with Gasteiger partial charge in [-0.1, -0.05) is 32.9 Å². The molecule has 0 bridgehead atoms. The molecule has 4 nitrogen and oxygen atoms in total. The van der Waals surface area contributed by atoms with Gasteiger partial charge in [-0.25, -0.2) is 0 Å². The molecule has 0 aromatic rings. The lowest BCUT2D eigenvalue weighted by atomic mass is 9.46. The molecule has 0 N–H and O–H groups in total. The van der Waals surface area contributed by atoms with Crippen LogP contribution in [0.2, 0.25) is 0 Å². The quantitative estimate of drug-likeness (QED) is 0.400. The van der Waals surface area contributed by atoms with E-state index >= 15 is 0 Å². The normalized spacial score (nSPS) is 44.5. The Hall–Kier alpha value is -1.32. The number of hydrogen-bond donors (Lipinski definition) is 0. The average Bonchev–Trinajstić information content (AvgIpc) is 3.09. The number of methoxy groups -OCH3 is 1. The number of fused-ring (bicyclic) bond motifs is 5. The summed E-state index contributed by atoms with van der Waals surface area (Å²) in [5.41, 5.74) is 0.598. The maximum atomic E-state index is 11.7. The highest BCUT2D eigenvalue weighted by Gasteiger charge is 2.59. The number of allylic oxidation sites excluding steroid dienone is 2. The van der Waals surface area contributed by atoms with Crippen molar-refractivity contribution in [3.8, 4) is 0 Å². The van der Waals surface area contributed by atoms with Crippen molar-refractivity contribution >= 4 is 11.9 Å². The minimum absolute atomic E-state index is 0.0820. The zero-order valence-electron chi connectivity index (χ0n) is 20.2. The van der Waals surface area contributed by atoms with E-state index < -0.39 is 0 Å². The van der Waals surface area contributed by atoms with Gasteiger partial charge in [0.1, 0.15) is 6.10 Å². The Kier molecular flexibility index (Phi) is 6.31. The lowest BCUT2D eigenvalue weighted by Gasteiger charge is -2.59. The molecule has 0 radical (unpaired) electrons. The molecule has 3 saturated carbocycles. The van der Waals surface area contributed by atoms with Crippen molar-refractivity contribution in [2.75, 3.05) is 7.11 Å². The largest absolute Gasteiger partial charge is 0.469 e. The van der Waals surface area contributed by atoms with E-state index in [-0.39, 0.29) is 23.5 Å². The van der Waals surface area contributed by atoms with Gasteiger partial charge in [-0.15, -0.1) is 0 Å². The minimum Gasteiger partial charge on any atom is -0.469 e. The van der Waals surface area contributed by atoms with Crippen LogP contribution < -0.4 is 0 Å². The number of carbonyl (C=O) groups is 2. The fourth-order valence-corrected chi connectivity index (χ4v) is 8.52. The highest BCUT2D eigenvalue weighted by Crippen LogP contribution is 2.66. The topological polar surface area (TPSA) is 52.6 Å². The first-order valence-corrected chi connectivity index (χ1v) is 12.6. The van der Waals surface area contributed by atoms with Gasteiger partial charge in [0.25, 0.3) is 0 Å². The molecule has 0 unspecified atom stereocenters. The third-order valence-electron chi connectivity index (χ3n) is 10.2. The van der Waals surface area contributed by atoms with Crippen LogP contribution in [-0.2, 0) is 19.1 Å². The van der Waals surface area contributed by atoms with E-state index in [9.17, 15) is 9.59 Å². The Morgan fingerprint density at radius 2 is 1.90 bits per heavy atom. The van der Waals surface area contributed by atoms with Crippen LogP contribution in [0.25, 0.3) is 0 Å². The van der Waals surface area contributed by atoms with E-state index in [4.69, 9.17) is 9.47 Å². The van der Waals surface area contributed by atoms with Crippen molar-refractivity contribution in [2.24, 2.45) is 46.3 Å². The SMILES string of the molecule is COC(=O)CC[C@H](C)[C@H]1CC[C@H]2[C@@H]3CC[C@H]4C[C@@H](OC(C)=O)CC[C@]4(C)[C@H]3C=C[C@]12C. The molecule has 9 atom stereocenters. The zero-order valence-corrected chi connectivity index (χ0v) is 20.2. The number of esters is 2. The van der Waals surface area contributed by atoms with Crippen LogP contribution in [0.1, 0.15) is 85.5 Å². The van der Waals surface area contributed by atoms with Crippen LogP contribution in [0.15, 0.2) is 12.2 Å². The number of hydrogen-bond acceptors (Lipinski definition) is 4. The van der Waals surface area contributed by atoms with Crippen LogP contribution in [0.3, 0.4) is 0 Å². The highest BCUT2D eigenvalue weighted by atomic mass is 16.5. The smallest absolute Gasteiger partial charge is 0.305 e. The Bertz CT molecular complexity index is 729. The average molecular weight is 431 g/mol. The molecule has 4 rings (SSSR count). The molecular weight excluding hydrogens is 388 g/mol. The standard InChI is InChI=1S/C27H42O4/c1-17(6-11-25(29)30-5)22-9-10-23-21-8-7-19-16-20(31-18(2)28)12-14-26(19,3)24(21)13-15-27(22,23)4/h13,15,17,19-24H,6-12,14,16H2,1-5H3/t17-,19-,20-,21-,22+,23-,24-,26-,27+/m0/s1.